The molecule has 0 fully saturated rings. The van der Waals surface area contributed by atoms with E-state index in [2.05, 4.69) is 21.7 Å². The lowest BCUT2D eigenvalue weighted by molar-refractivity contribution is -0.774. The second-order valence-corrected chi connectivity index (χ2v) is 9.84. The van der Waals surface area contributed by atoms with Crippen LogP contribution in [0, 0.1) is 23.5 Å². The van der Waals surface area contributed by atoms with E-state index in [0.717, 1.165) is 18.4 Å². The van der Waals surface area contributed by atoms with Crippen molar-refractivity contribution in [1.82, 2.24) is 5.32 Å². The van der Waals surface area contributed by atoms with Gasteiger partial charge in [0.2, 0.25) is 0 Å². The largest absolute Gasteiger partial charge is 0.599 e. The molecule has 0 spiro atoms. The topological polar surface area (TPSA) is 124 Å². The van der Waals surface area contributed by atoms with Crippen LogP contribution in [0.3, 0.4) is 0 Å². The SMILES string of the molecule is C#Cc1cccc(C2C(C(=O)Nc3ccc(C4=N[NH+]([O-])C(=O)CC4CCC)cc3)=C(C)NC(C)=C2C(=O)OC)c1. The van der Waals surface area contributed by atoms with Crippen LogP contribution in [0.4, 0.5) is 5.69 Å². The Labute approximate surface area is 233 Å². The molecule has 2 aromatic rings. The Kier molecular flexibility index (Phi) is 8.63. The van der Waals surface area contributed by atoms with Crippen LogP contribution < -0.4 is 15.8 Å². The van der Waals surface area contributed by atoms with Gasteiger partial charge in [0, 0.05) is 39.7 Å². The van der Waals surface area contributed by atoms with E-state index in [1.54, 1.807) is 56.3 Å². The Morgan fingerprint density at radius 1 is 1.18 bits per heavy atom. The van der Waals surface area contributed by atoms with Gasteiger partial charge in [0.05, 0.1) is 25.0 Å². The summed E-state index contributed by atoms with van der Waals surface area (Å²) in [6.45, 7) is 5.56. The number of ether oxygens (including phenoxy) is 1. The number of amides is 2. The lowest BCUT2D eigenvalue weighted by Crippen LogP contribution is -3.06. The van der Waals surface area contributed by atoms with E-state index in [4.69, 9.17) is 11.2 Å². The highest BCUT2D eigenvalue weighted by Gasteiger charge is 2.37. The van der Waals surface area contributed by atoms with Crippen LogP contribution in [-0.4, -0.2) is 30.6 Å². The maximum atomic E-state index is 13.8. The highest BCUT2D eigenvalue weighted by atomic mass is 16.5. The molecule has 0 aliphatic carbocycles. The number of methoxy groups -OCH3 is 1. The minimum absolute atomic E-state index is 0.122. The van der Waals surface area contributed by atoms with Crippen LogP contribution >= 0.6 is 0 Å². The first-order valence-corrected chi connectivity index (χ1v) is 13.1. The van der Waals surface area contributed by atoms with Gasteiger partial charge in [-0.15, -0.1) is 6.42 Å². The van der Waals surface area contributed by atoms with E-state index in [1.807, 2.05) is 13.0 Å². The average molecular weight is 541 g/mol. The standard InChI is InChI=1S/C31H32N4O5/c1-6-9-23-17-25(36)35(39)34-29(23)21-12-14-24(15-13-21)33-30(37)26-18(3)32-19(4)27(31(38)40-5)28(26)22-11-8-10-20(7-2)16-22/h2,8,10-16,23,28,32,35H,6,9,17H2,1,3-5H3,(H,33,37). The first-order chi connectivity index (χ1) is 19.2. The summed E-state index contributed by atoms with van der Waals surface area (Å²) in [7, 11) is 1.30. The van der Waals surface area contributed by atoms with Crippen molar-refractivity contribution in [1.29, 1.82) is 0 Å². The second-order valence-electron chi connectivity index (χ2n) is 9.84. The highest BCUT2D eigenvalue weighted by Crippen LogP contribution is 2.39. The lowest BCUT2D eigenvalue weighted by Gasteiger charge is -2.31. The Morgan fingerprint density at radius 2 is 1.88 bits per heavy atom. The number of hydrogen-bond acceptors (Lipinski definition) is 7. The molecule has 9 heteroatoms. The number of terminal acetylenes is 1. The van der Waals surface area contributed by atoms with Crippen molar-refractivity contribution in [2.24, 2.45) is 11.0 Å². The second kappa shape index (κ2) is 12.1. The van der Waals surface area contributed by atoms with Crippen molar-refractivity contribution < 1.29 is 24.3 Å². The van der Waals surface area contributed by atoms with Crippen molar-refractivity contribution in [3.05, 3.63) is 93.0 Å². The van der Waals surface area contributed by atoms with Crippen molar-refractivity contribution in [2.45, 2.75) is 46.0 Å². The highest BCUT2D eigenvalue weighted by molar-refractivity contribution is 6.09. The third kappa shape index (κ3) is 5.73. The number of quaternary nitrogens is 1. The molecule has 0 bridgehead atoms. The number of esters is 1. The number of allylic oxidation sites excluding steroid dienone is 2. The monoisotopic (exact) mass is 540 g/mol. The van der Waals surface area contributed by atoms with E-state index < -0.39 is 28.9 Å². The van der Waals surface area contributed by atoms with Gasteiger partial charge < -0.3 is 20.6 Å². The normalized spacial score (nSPS) is 20.9. The van der Waals surface area contributed by atoms with E-state index in [1.165, 1.54) is 7.11 Å². The van der Waals surface area contributed by atoms with Gasteiger partial charge in [-0.1, -0.05) is 48.6 Å². The fraction of sp³-hybridized carbons (Fsp3) is 0.290. The molecule has 2 aliphatic heterocycles. The fourth-order valence-corrected chi connectivity index (χ4v) is 5.30. The fourth-order valence-electron chi connectivity index (χ4n) is 5.30. The smallest absolute Gasteiger partial charge is 0.338 e. The predicted octanol–water partition coefficient (Wildman–Crippen LogP) is 3.15. The number of hydrogen-bond donors (Lipinski definition) is 3. The van der Waals surface area contributed by atoms with Crippen LogP contribution in [0.1, 0.15) is 62.6 Å². The predicted molar refractivity (Wildman–Crippen MR) is 152 cm³/mol. The molecule has 0 saturated heterocycles. The minimum atomic E-state index is -0.725. The Morgan fingerprint density at radius 3 is 2.52 bits per heavy atom. The molecule has 3 unspecified atom stereocenters. The molecule has 2 heterocycles. The number of nitrogens with zero attached hydrogens (tertiary/aromatic N) is 1. The molecule has 0 radical (unpaired) electrons. The number of carbonyl (C=O) groups is 3. The van der Waals surface area contributed by atoms with Gasteiger partial charge >= 0.3 is 11.9 Å². The van der Waals surface area contributed by atoms with Crippen molar-refractivity contribution in [2.75, 3.05) is 12.4 Å². The summed E-state index contributed by atoms with van der Waals surface area (Å²) in [5.74, 6) is 0.357. The Balaban J connectivity index is 1.66. The number of nitrogens with one attached hydrogen (secondary N) is 3. The number of benzene rings is 2. The zero-order chi connectivity index (χ0) is 29.0. The summed E-state index contributed by atoms with van der Waals surface area (Å²) >= 11 is 0. The van der Waals surface area contributed by atoms with Crippen LogP contribution in [-0.2, 0) is 19.1 Å². The summed E-state index contributed by atoms with van der Waals surface area (Å²) < 4.78 is 5.07. The number of anilines is 1. The summed E-state index contributed by atoms with van der Waals surface area (Å²) in [6, 6.07) is 14.2. The molecule has 2 aliphatic rings. The molecule has 9 nitrogen and oxygen atoms in total. The quantitative estimate of drug-likeness (QED) is 0.282. The average Bonchev–Trinajstić information content (AvgIpc) is 2.94. The van der Waals surface area contributed by atoms with Crippen LogP contribution in [0.5, 0.6) is 0 Å². The number of dihydropyridines is 1. The molecule has 0 saturated carbocycles. The van der Waals surface area contributed by atoms with E-state index in [-0.39, 0.29) is 12.3 Å². The minimum Gasteiger partial charge on any atom is -0.599 e. The number of hydroxylamine groups is 1. The van der Waals surface area contributed by atoms with Gasteiger partial charge in [0.1, 0.15) is 5.71 Å². The zero-order valence-electron chi connectivity index (χ0n) is 23.0. The maximum absolute atomic E-state index is 13.8. The van der Waals surface area contributed by atoms with Crippen molar-refractivity contribution in [3.63, 3.8) is 0 Å². The molecule has 4 rings (SSSR count). The maximum Gasteiger partial charge on any atom is 0.338 e. The first-order valence-electron chi connectivity index (χ1n) is 13.1. The molecule has 3 atom stereocenters. The van der Waals surface area contributed by atoms with Gasteiger partial charge in [-0.05, 0) is 50.1 Å². The summed E-state index contributed by atoms with van der Waals surface area (Å²) in [6.07, 6.45) is 7.38. The third-order valence-electron chi connectivity index (χ3n) is 7.15. The summed E-state index contributed by atoms with van der Waals surface area (Å²) in [5.41, 5.74) is 5.00. The lowest BCUT2D eigenvalue weighted by atomic mass is 9.79. The Hall–Kier alpha value is -4.52. The Bertz CT molecular complexity index is 1480. The van der Waals surface area contributed by atoms with Gasteiger partial charge in [0.25, 0.3) is 5.91 Å². The molecular formula is C31H32N4O5. The van der Waals surface area contributed by atoms with Gasteiger partial charge in [-0.3, -0.25) is 4.79 Å². The molecule has 2 amide bonds. The third-order valence-corrected chi connectivity index (χ3v) is 7.15. The molecular weight excluding hydrogens is 508 g/mol. The van der Waals surface area contributed by atoms with Crippen LogP contribution in [0.2, 0.25) is 0 Å². The van der Waals surface area contributed by atoms with E-state index in [9.17, 15) is 19.6 Å². The van der Waals surface area contributed by atoms with Gasteiger partial charge in [0.15, 0.2) is 0 Å². The van der Waals surface area contributed by atoms with E-state index >= 15 is 0 Å². The number of rotatable bonds is 7. The molecule has 3 N–H and O–H groups in total. The van der Waals surface area contributed by atoms with E-state index in [0.29, 0.717) is 45.1 Å². The van der Waals surface area contributed by atoms with Crippen LogP contribution in [0.25, 0.3) is 0 Å². The zero-order valence-corrected chi connectivity index (χ0v) is 23.0. The van der Waals surface area contributed by atoms with Crippen molar-refractivity contribution >= 4 is 29.2 Å². The molecule has 40 heavy (non-hydrogen) atoms. The first kappa shape index (κ1) is 28.5. The molecule has 0 aromatic heterocycles. The summed E-state index contributed by atoms with van der Waals surface area (Å²) in [4.78, 5) is 38.6. The van der Waals surface area contributed by atoms with Crippen molar-refractivity contribution in [3.8, 4) is 12.3 Å². The summed E-state index contributed by atoms with van der Waals surface area (Å²) in [5, 5.41) is 21.4. The van der Waals surface area contributed by atoms with Gasteiger partial charge in [-0.25, -0.2) is 9.59 Å². The molecule has 2 aromatic carbocycles. The van der Waals surface area contributed by atoms with Gasteiger partial charge in [-0.2, -0.15) is 5.17 Å². The number of carbonyl (C=O) groups excluding carboxylic acids is 3. The van der Waals surface area contributed by atoms with Crippen LogP contribution in [0.15, 0.2) is 76.2 Å². The molecule has 206 valence electrons.